The predicted molar refractivity (Wildman–Crippen MR) is 54.0 cm³/mol. The summed E-state index contributed by atoms with van der Waals surface area (Å²) in [5.74, 6) is -1.60. The first-order valence-corrected chi connectivity index (χ1v) is 4.93. The summed E-state index contributed by atoms with van der Waals surface area (Å²) in [6.45, 7) is 1.56. The third-order valence-corrected chi connectivity index (χ3v) is 2.75. The Hall–Kier alpha value is -1.16. The summed E-state index contributed by atoms with van der Waals surface area (Å²) in [7, 11) is 1.67. The highest BCUT2D eigenvalue weighted by Crippen LogP contribution is 2.23. The number of hydrogen-bond acceptors (Lipinski definition) is 2. The molecular formula is C11H13F2NO. The molecule has 1 fully saturated rings. The SMILES string of the molecule is COC1CCN(c2ccc(F)c(F)c2)C1. The summed E-state index contributed by atoms with van der Waals surface area (Å²) < 4.78 is 30.9. The monoisotopic (exact) mass is 213 g/mol. The first kappa shape index (κ1) is 10.4. The smallest absolute Gasteiger partial charge is 0.160 e. The molecule has 2 nitrogen and oxygen atoms in total. The Morgan fingerprint density at radius 3 is 2.73 bits per heavy atom. The molecular weight excluding hydrogens is 200 g/mol. The second-order valence-corrected chi connectivity index (χ2v) is 3.69. The van der Waals surface area contributed by atoms with Gasteiger partial charge >= 0.3 is 0 Å². The van der Waals surface area contributed by atoms with Crippen LogP contribution in [0.3, 0.4) is 0 Å². The lowest BCUT2D eigenvalue weighted by atomic mass is 10.3. The van der Waals surface area contributed by atoms with Crippen molar-refractivity contribution < 1.29 is 13.5 Å². The molecule has 1 aromatic rings. The molecule has 0 spiro atoms. The Morgan fingerprint density at radius 1 is 1.33 bits per heavy atom. The van der Waals surface area contributed by atoms with Crippen LogP contribution in [0.25, 0.3) is 0 Å². The van der Waals surface area contributed by atoms with Crippen molar-refractivity contribution in [2.24, 2.45) is 0 Å². The molecule has 2 rings (SSSR count). The first-order chi connectivity index (χ1) is 7.20. The first-order valence-electron chi connectivity index (χ1n) is 4.93. The summed E-state index contributed by atoms with van der Waals surface area (Å²) in [4.78, 5) is 2.00. The second kappa shape index (κ2) is 4.14. The number of anilines is 1. The fourth-order valence-electron chi connectivity index (χ4n) is 1.84. The summed E-state index contributed by atoms with van der Waals surface area (Å²) >= 11 is 0. The van der Waals surface area contributed by atoms with Crippen LogP contribution < -0.4 is 4.90 Å². The van der Waals surface area contributed by atoms with Gasteiger partial charge in [-0.25, -0.2) is 8.78 Å². The minimum Gasteiger partial charge on any atom is -0.380 e. The average molecular weight is 213 g/mol. The number of ether oxygens (including phenoxy) is 1. The minimum absolute atomic E-state index is 0.193. The van der Waals surface area contributed by atoms with Crippen LogP contribution in [0.4, 0.5) is 14.5 Å². The second-order valence-electron chi connectivity index (χ2n) is 3.69. The Labute approximate surface area is 87.5 Å². The van der Waals surface area contributed by atoms with Gasteiger partial charge in [-0.2, -0.15) is 0 Å². The van der Waals surface area contributed by atoms with Gasteiger partial charge in [0.25, 0.3) is 0 Å². The molecule has 1 saturated heterocycles. The van der Waals surface area contributed by atoms with E-state index < -0.39 is 11.6 Å². The predicted octanol–water partition coefficient (Wildman–Crippen LogP) is 2.19. The Balaban J connectivity index is 2.13. The van der Waals surface area contributed by atoms with Crippen LogP contribution in [0.5, 0.6) is 0 Å². The van der Waals surface area contributed by atoms with E-state index in [1.165, 1.54) is 6.07 Å². The van der Waals surface area contributed by atoms with Gasteiger partial charge in [-0.1, -0.05) is 0 Å². The van der Waals surface area contributed by atoms with E-state index in [4.69, 9.17) is 4.74 Å². The van der Waals surface area contributed by atoms with Crippen LogP contribution in [0.15, 0.2) is 18.2 Å². The van der Waals surface area contributed by atoms with E-state index in [0.717, 1.165) is 25.6 Å². The van der Waals surface area contributed by atoms with E-state index >= 15 is 0 Å². The Bertz CT molecular complexity index is 356. The van der Waals surface area contributed by atoms with Gasteiger partial charge in [0.05, 0.1) is 6.10 Å². The van der Waals surface area contributed by atoms with Crippen molar-refractivity contribution in [3.8, 4) is 0 Å². The summed E-state index contributed by atoms with van der Waals surface area (Å²) in [5.41, 5.74) is 0.716. The van der Waals surface area contributed by atoms with Gasteiger partial charge in [0, 0.05) is 32.0 Å². The van der Waals surface area contributed by atoms with E-state index in [-0.39, 0.29) is 6.10 Å². The molecule has 1 unspecified atom stereocenters. The van der Waals surface area contributed by atoms with Crippen molar-refractivity contribution in [2.45, 2.75) is 12.5 Å². The maximum atomic E-state index is 13.0. The lowest BCUT2D eigenvalue weighted by molar-refractivity contribution is 0.121. The van der Waals surface area contributed by atoms with Crippen LogP contribution >= 0.6 is 0 Å². The highest BCUT2D eigenvalue weighted by Gasteiger charge is 2.22. The average Bonchev–Trinajstić information content (AvgIpc) is 2.70. The van der Waals surface area contributed by atoms with Crippen LogP contribution in [-0.4, -0.2) is 26.3 Å². The molecule has 1 atom stereocenters. The Morgan fingerprint density at radius 2 is 2.13 bits per heavy atom. The van der Waals surface area contributed by atoms with Crippen molar-refractivity contribution in [1.82, 2.24) is 0 Å². The molecule has 0 aromatic heterocycles. The number of nitrogens with zero attached hydrogens (tertiary/aromatic N) is 1. The minimum atomic E-state index is -0.804. The van der Waals surface area contributed by atoms with Gasteiger partial charge in [0.2, 0.25) is 0 Å². The third-order valence-electron chi connectivity index (χ3n) is 2.75. The fraction of sp³-hybridized carbons (Fsp3) is 0.455. The quantitative estimate of drug-likeness (QED) is 0.746. The summed E-state index contributed by atoms with van der Waals surface area (Å²) in [6, 6.07) is 3.98. The van der Waals surface area contributed by atoms with Crippen molar-refractivity contribution in [2.75, 3.05) is 25.1 Å². The van der Waals surface area contributed by atoms with E-state index in [1.807, 2.05) is 4.90 Å². The van der Waals surface area contributed by atoms with Crippen molar-refractivity contribution >= 4 is 5.69 Å². The largest absolute Gasteiger partial charge is 0.380 e. The number of methoxy groups -OCH3 is 1. The molecule has 15 heavy (non-hydrogen) atoms. The molecule has 1 heterocycles. The zero-order valence-electron chi connectivity index (χ0n) is 8.54. The van der Waals surface area contributed by atoms with Gasteiger partial charge in [0.1, 0.15) is 0 Å². The van der Waals surface area contributed by atoms with E-state index in [9.17, 15) is 8.78 Å². The van der Waals surface area contributed by atoms with Crippen LogP contribution in [0.2, 0.25) is 0 Å². The standard InChI is InChI=1S/C11H13F2NO/c1-15-9-4-5-14(7-9)8-2-3-10(12)11(13)6-8/h2-3,6,9H,4-5,7H2,1H3. The van der Waals surface area contributed by atoms with Gasteiger partial charge in [0.15, 0.2) is 11.6 Å². The molecule has 1 aliphatic rings. The highest BCUT2D eigenvalue weighted by molar-refractivity contribution is 5.47. The number of benzene rings is 1. The lowest BCUT2D eigenvalue weighted by Crippen LogP contribution is -2.22. The van der Waals surface area contributed by atoms with Gasteiger partial charge in [-0.15, -0.1) is 0 Å². The number of halogens is 2. The molecule has 0 amide bonds. The summed E-state index contributed by atoms with van der Waals surface area (Å²) in [5, 5.41) is 0. The molecule has 1 aromatic carbocycles. The van der Waals surface area contributed by atoms with Crippen molar-refractivity contribution in [3.05, 3.63) is 29.8 Å². The summed E-state index contributed by atoms with van der Waals surface area (Å²) in [6.07, 6.45) is 1.12. The molecule has 0 saturated carbocycles. The zero-order valence-corrected chi connectivity index (χ0v) is 8.54. The molecule has 1 aliphatic heterocycles. The maximum Gasteiger partial charge on any atom is 0.160 e. The normalized spacial score (nSPS) is 21.0. The molecule has 0 N–H and O–H groups in total. The topological polar surface area (TPSA) is 12.5 Å². The van der Waals surface area contributed by atoms with Crippen molar-refractivity contribution in [3.63, 3.8) is 0 Å². The van der Waals surface area contributed by atoms with Crippen LogP contribution in [-0.2, 0) is 4.74 Å². The van der Waals surface area contributed by atoms with Gasteiger partial charge in [-0.3, -0.25) is 0 Å². The fourth-order valence-corrected chi connectivity index (χ4v) is 1.84. The lowest BCUT2D eigenvalue weighted by Gasteiger charge is -2.18. The number of hydrogen-bond donors (Lipinski definition) is 0. The zero-order chi connectivity index (χ0) is 10.8. The van der Waals surface area contributed by atoms with E-state index in [0.29, 0.717) is 5.69 Å². The van der Waals surface area contributed by atoms with Crippen LogP contribution in [0, 0.1) is 11.6 Å². The maximum absolute atomic E-state index is 13.0. The van der Waals surface area contributed by atoms with Crippen molar-refractivity contribution in [1.29, 1.82) is 0 Å². The third kappa shape index (κ3) is 2.09. The molecule has 0 radical (unpaired) electrons. The molecule has 82 valence electrons. The highest BCUT2D eigenvalue weighted by atomic mass is 19.2. The Kier molecular flexibility index (Phi) is 2.86. The van der Waals surface area contributed by atoms with Gasteiger partial charge in [-0.05, 0) is 18.6 Å². The van der Waals surface area contributed by atoms with E-state index in [1.54, 1.807) is 13.2 Å². The van der Waals surface area contributed by atoms with Gasteiger partial charge < -0.3 is 9.64 Å². The van der Waals surface area contributed by atoms with Crippen LogP contribution in [0.1, 0.15) is 6.42 Å². The number of rotatable bonds is 2. The molecule has 4 heteroatoms. The molecule has 0 bridgehead atoms. The van der Waals surface area contributed by atoms with E-state index in [2.05, 4.69) is 0 Å². The molecule has 0 aliphatic carbocycles.